The second-order valence-corrected chi connectivity index (χ2v) is 8.33. The molecular formula is C26H31N3O. The number of anilines is 1. The van der Waals surface area contributed by atoms with E-state index in [1.165, 1.54) is 32.1 Å². The molecule has 2 N–H and O–H groups in total. The zero-order valence-electron chi connectivity index (χ0n) is 17.5. The predicted octanol–water partition coefficient (Wildman–Crippen LogP) is 5.99. The van der Waals surface area contributed by atoms with E-state index < -0.39 is 6.23 Å². The van der Waals surface area contributed by atoms with Crippen LogP contribution >= 0.6 is 0 Å². The first-order chi connectivity index (χ1) is 14.8. The van der Waals surface area contributed by atoms with Crippen LogP contribution < -0.4 is 5.32 Å². The van der Waals surface area contributed by atoms with Gasteiger partial charge in [-0.15, -0.1) is 0 Å². The van der Waals surface area contributed by atoms with E-state index in [1.807, 2.05) is 36.4 Å². The lowest BCUT2D eigenvalue weighted by atomic mass is 9.86. The smallest absolute Gasteiger partial charge is 0.153 e. The number of nitrogens with one attached hydrogen (secondary N) is 1. The third-order valence-corrected chi connectivity index (χ3v) is 5.97. The highest BCUT2D eigenvalue weighted by Gasteiger charge is 2.19. The van der Waals surface area contributed by atoms with Gasteiger partial charge < -0.3 is 10.4 Å². The van der Waals surface area contributed by atoms with E-state index in [2.05, 4.69) is 40.7 Å². The van der Waals surface area contributed by atoms with Crippen LogP contribution in [-0.4, -0.2) is 21.3 Å². The number of allylic oxidation sites excluding steroid dienone is 5. The number of hydrogen-bond donors (Lipinski definition) is 2. The fourth-order valence-electron chi connectivity index (χ4n) is 4.29. The van der Waals surface area contributed by atoms with E-state index in [0.717, 1.165) is 29.8 Å². The lowest BCUT2D eigenvalue weighted by molar-refractivity contribution is 0.153. The van der Waals surface area contributed by atoms with E-state index in [9.17, 15) is 5.11 Å². The lowest BCUT2D eigenvalue weighted by Crippen LogP contribution is -2.24. The van der Waals surface area contributed by atoms with Crippen LogP contribution in [0.15, 0.2) is 66.9 Å². The third kappa shape index (κ3) is 5.67. The topological polar surface area (TPSA) is 58.0 Å². The van der Waals surface area contributed by atoms with Crippen molar-refractivity contribution >= 4 is 11.9 Å². The van der Waals surface area contributed by atoms with Crippen molar-refractivity contribution in [2.45, 2.75) is 51.2 Å². The molecule has 0 radical (unpaired) electrons. The van der Waals surface area contributed by atoms with Crippen LogP contribution in [0.3, 0.4) is 0 Å². The van der Waals surface area contributed by atoms with Crippen molar-refractivity contribution in [1.82, 2.24) is 9.97 Å². The number of aliphatic hydroxyl groups is 1. The maximum Gasteiger partial charge on any atom is 0.153 e. The standard InChI is InChI=1S/C26H31N3O/c30-25(18-21-12-6-2-7-13-21)29-26-23(17-16-20-10-4-1-5-11-20)28-24(19-27-26)22-14-8-3-9-15-22/h1,3-5,8-10,14-17,19-21,25,30H,2,6-7,11-13,18H2,(H,27,29)/b17-16+. The number of hydrogen-bond acceptors (Lipinski definition) is 4. The lowest BCUT2D eigenvalue weighted by Gasteiger charge is -2.25. The summed E-state index contributed by atoms with van der Waals surface area (Å²) >= 11 is 0. The molecule has 2 aromatic rings. The molecule has 1 heterocycles. The Balaban J connectivity index is 1.53. The van der Waals surface area contributed by atoms with Crippen LogP contribution in [0.1, 0.15) is 50.6 Å². The highest BCUT2D eigenvalue weighted by Crippen LogP contribution is 2.28. The van der Waals surface area contributed by atoms with Gasteiger partial charge in [-0.05, 0) is 30.8 Å². The summed E-state index contributed by atoms with van der Waals surface area (Å²) in [6.45, 7) is 0. The molecular weight excluding hydrogens is 370 g/mol. The fraction of sp³-hybridized carbons (Fsp3) is 0.385. The quantitative estimate of drug-likeness (QED) is 0.560. The largest absolute Gasteiger partial charge is 0.374 e. The summed E-state index contributed by atoms with van der Waals surface area (Å²) in [4.78, 5) is 9.50. The van der Waals surface area contributed by atoms with Gasteiger partial charge in [0.2, 0.25) is 0 Å². The summed E-state index contributed by atoms with van der Waals surface area (Å²) in [5, 5.41) is 13.9. The van der Waals surface area contributed by atoms with Crippen LogP contribution in [0.25, 0.3) is 17.3 Å². The molecule has 0 aliphatic heterocycles. The molecule has 4 rings (SSSR count). The molecule has 1 fully saturated rings. The first-order valence-corrected chi connectivity index (χ1v) is 11.2. The summed E-state index contributed by atoms with van der Waals surface area (Å²) < 4.78 is 0. The molecule has 1 saturated carbocycles. The number of aromatic nitrogens is 2. The molecule has 2 atom stereocenters. The molecule has 0 saturated heterocycles. The van der Waals surface area contributed by atoms with Crippen molar-refractivity contribution in [3.8, 4) is 11.3 Å². The average Bonchev–Trinajstić information content (AvgIpc) is 2.80. The Morgan fingerprint density at radius 1 is 1.10 bits per heavy atom. The highest BCUT2D eigenvalue weighted by atomic mass is 16.3. The Morgan fingerprint density at radius 2 is 1.93 bits per heavy atom. The molecule has 156 valence electrons. The van der Waals surface area contributed by atoms with Crippen molar-refractivity contribution in [2.24, 2.45) is 11.8 Å². The predicted molar refractivity (Wildman–Crippen MR) is 124 cm³/mol. The van der Waals surface area contributed by atoms with Crippen molar-refractivity contribution in [3.05, 3.63) is 72.6 Å². The second-order valence-electron chi connectivity index (χ2n) is 8.33. The highest BCUT2D eigenvalue weighted by molar-refractivity contribution is 5.66. The Morgan fingerprint density at radius 3 is 2.70 bits per heavy atom. The van der Waals surface area contributed by atoms with Crippen molar-refractivity contribution in [1.29, 1.82) is 0 Å². The molecule has 1 aromatic carbocycles. The van der Waals surface area contributed by atoms with Gasteiger partial charge in [-0.2, -0.15) is 0 Å². The van der Waals surface area contributed by atoms with Crippen molar-refractivity contribution in [3.63, 3.8) is 0 Å². The summed E-state index contributed by atoms with van der Waals surface area (Å²) in [5.41, 5.74) is 2.64. The second kappa shape index (κ2) is 10.4. The monoisotopic (exact) mass is 401 g/mol. The molecule has 30 heavy (non-hydrogen) atoms. The van der Waals surface area contributed by atoms with Gasteiger partial charge in [0.25, 0.3) is 0 Å². The zero-order chi connectivity index (χ0) is 20.6. The molecule has 1 aromatic heterocycles. The molecule has 4 heteroatoms. The maximum absolute atomic E-state index is 10.7. The number of benzene rings is 1. The van der Waals surface area contributed by atoms with Gasteiger partial charge in [-0.1, -0.05) is 92.8 Å². The van der Waals surface area contributed by atoms with E-state index >= 15 is 0 Å². The van der Waals surface area contributed by atoms with E-state index in [4.69, 9.17) is 4.98 Å². The summed E-state index contributed by atoms with van der Waals surface area (Å²) in [6, 6.07) is 10.1. The van der Waals surface area contributed by atoms with Crippen molar-refractivity contribution < 1.29 is 5.11 Å². The summed E-state index contributed by atoms with van der Waals surface area (Å²) in [6.07, 6.45) is 22.0. The third-order valence-electron chi connectivity index (χ3n) is 5.97. The zero-order valence-corrected chi connectivity index (χ0v) is 17.5. The minimum Gasteiger partial charge on any atom is -0.374 e. The molecule has 0 spiro atoms. The minimum atomic E-state index is -0.602. The van der Waals surface area contributed by atoms with Crippen LogP contribution in [0.5, 0.6) is 0 Å². The van der Waals surface area contributed by atoms with Gasteiger partial charge in [0.05, 0.1) is 11.9 Å². The van der Waals surface area contributed by atoms with Crippen LogP contribution in [-0.2, 0) is 0 Å². The maximum atomic E-state index is 10.7. The van der Waals surface area contributed by atoms with Crippen molar-refractivity contribution in [2.75, 3.05) is 5.32 Å². The summed E-state index contributed by atoms with van der Waals surface area (Å²) in [5.74, 6) is 1.60. The van der Waals surface area contributed by atoms with Crippen LogP contribution in [0.2, 0.25) is 0 Å². The van der Waals surface area contributed by atoms with Gasteiger partial charge in [-0.3, -0.25) is 0 Å². The van der Waals surface area contributed by atoms with E-state index in [-0.39, 0.29) is 0 Å². The fourth-order valence-corrected chi connectivity index (χ4v) is 4.29. The molecule has 0 amide bonds. The Kier molecular flexibility index (Phi) is 7.09. The van der Waals surface area contributed by atoms with Crippen LogP contribution in [0, 0.1) is 11.8 Å². The van der Waals surface area contributed by atoms with E-state index in [0.29, 0.717) is 17.7 Å². The number of nitrogens with zero attached hydrogens (tertiary/aromatic N) is 2. The summed E-state index contributed by atoms with van der Waals surface area (Å²) in [7, 11) is 0. The molecule has 2 unspecified atom stereocenters. The van der Waals surface area contributed by atoms with Gasteiger partial charge in [0.1, 0.15) is 11.9 Å². The number of aliphatic hydroxyl groups excluding tert-OH is 1. The first-order valence-electron chi connectivity index (χ1n) is 11.2. The molecule has 0 bridgehead atoms. The van der Waals surface area contributed by atoms with E-state index in [1.54, 1.807) is 6.20 Å². The van der Waals surface area contributed by atoms with Crippen LogP contribution in [0.4, 0.5) is 5.82 Å². The van der Waals surface area contributed by atoms with Gasteiger partial charge in [0, 0.05) is 5.56 Å². The molecule has 2 aliphatic rings. The van der Waals surface area contributed by atoms with Gasteiger partial charge >= 0.3 is 0 Å². The normalized spacial score (nSPS) is 20.5. The minimum absolute atomic E-state index is 0.359. The number of rotatable bonds is 7. The SMILES string of the molecule is OC(CC1CCCCC1)Nc1ncc(-c2ccccc2)nc1/C=C/C1C=CC=CC1. The first kappa shape index (κ1) is 20.5. The Hall–Kier alpha value is -2.72. The Labute approximate surface area is 179 Å². The van der Waals surface area contributed by atoms with Gasteiger partial charge in [-0.25, -0.2) is 9.97 Å². The average molecular weight is 402 g/mol. The molecule has 4 nitrogen and oxygen atoms in total. The Bertz CT molecular complexity index is 898. The molecule has 2 aliphatic carbocycles. The van der Waals surface area contributed by atoms with Gasteiger partial charge in [0.15, 0.2) is 5.82 Å².